The number of carbonyl (C=O) groups is 1. The highest BCUT2D eigenvalue weighted by atomic mass is 32.1. The second-order valence-corrected chi connectivity index (χ2v) is 7.81. The van der Waals surface area contributed by atoms with Crippen LogP contribution in [-0.4, -0.2) is 27.3 Å². The highest BCUT2D eigenvalue weighted by Gasteiger charge is 2.31. The predicted molar refractivity (Wildman–Crippen MR) is 114 cm³/mol. The number of para-hydroxylation sites is 1. The summed E-state index contributed by atoms with van der Waals surface area (Å²) in [7, 11) is 0. The summed E-state index contributed by atoms with van der Waals surface area (Å²) in [5, 5.41) is 8.27. The lowest BCUT2D eigenvalue weighted by atomic mass is 9.87. The van der Waals surface area contributed by atoms with E-state index in [4.69, 9.17) is 4.74 Å². The lowest BCUT2D eigenvalue weighted by Gasteiger charge is -2.23. The third-order valence-corrected chi connectivity index (χ3v) is 5.95. The van der Waals surface area contributed by atoms with E-state index >= 15 is 0 Å². The van der Waals surface area contributed by atoms with Crippen LogP contribution >= 0.6 is 11.3 Å². The highest BCUT2D eigenvalue weighted by Crippen LogP contribution is 2.39. The monoisotopic (exact) mass is 402 g/mol. The Morgan fingerprint density at radius 3 is 2.86 bits per heavy atom. The third-order valence-electron chi connectivity index (χ3n) is 4.93. The molecule has 1 amide bonds. The van der Waals surface area contributed by atoms with Crippen LogP contribution in [0.1, 0.15) is 23.5 Å². The number of thiazole rings is 1. The molecule has 2 aromatic heterocycles. The van der Waals surface area contributed by atoms with Crippen LogP contribution in [0.25, 0.3) is 15.3 Å². The van der Waals surface area contributed by atoms with Gasteiger partial charge in [-0.25, -0.2) is 4.98 Å². The molecule has 1 N–H and O–H groups in total. The molecule has 0 saturated heterocycles. The highest BCUT2D eigenvalue weighted by molar-refractivity contribution is 7.20. The molecule has 0 aliphatic carbocycles. The Morgan fingerprint density at radius 1 is 1.24 bits per heavy atom. The van der Waals surface area contributed by atoms with Crippen molar-refractivity contribution >= 4 is 33.3 Å². The SMILES string of the molecule is C=CCOc1ccc([C@@H]2CC(=O)Nc3c2cnn3-c2nc3ccccc3s2)cc1. The number of rotatable bonds is 5. The number of nitrogens with one attached hydrogen (secondary N) is 1. The normalized spacial score (nSPS) is 15.7. The zero-order chi connectivity index (χ0) is 19.8. The summed E-state index contributed by atoms with van der Waals surface area (Å²) >= 11 is 1.55. The second kappa shape index (κ2) is 7.18. The number of hydrogen-bond acceptors (Lipinski definition) is 5. The van der Waals surface area contributed by atoms with Crippen LogP contribution in [0.2, 0.25) is 0 Å². The first kappa shape index (κ1) is 17.6. The van der Waals surface area contributed by atoms with Crippen molar-refractivity contribution in [2.45, 2.75) is 12.3 Å². The molecule has 2 aromatic carbocycles. The molecule has 6 nitrogen and oxygen atoms in total. The van der Waals surface area contributed by atoms with Gasteiger partial charge in [-0.05, 0) is 29.8 Å². The van der Waals surface area contributed by atoms with Crippen LogP contribution in [0, 0.1) is 0 Å². The first-order chi connectivity index (χ1) is 14.2. The van der Waals surface area contributed by atoms with E-state index in [1.165, 1.54) is 0 Å². The molecule has 0 spiro atoms. The summed E-state index contributed by atoms with van der Waals surface area (Å²) < 4.78 is 8.37. The number of anilines is 1. The van der Waals surface area contributed by atoms with Gasteiger partial charge in [-0.3, -0.25) is 4.79 Å². The number of fused-ring (bicyclic) bond motifs is 2. The lowest BCUT2D eigenvalue weighted by molar-refractivity contribution is -0.116. The van der Waals surface area contributed by atoms with Crippen molar-refractivity contribution in [2.75, 3.05) is 11.9 Å². The van der Waals surface area contributed by atoms with Crippen molar-refractivity contribution < 1.29 is 9.53 Å². The Bertz CT molecular complexity index is 1180. The maximum atomic E-state index is 12.5. The largest absolute Gasteiger partial charge is 0.490 e. The van der Waals surface area contributed by atoms with E-state index in [-0.39, 0.29) is 11.8 Å². The van der Waals surface area contributed by atoms with Crippen molar-refractivity contribution in [2.24, 2.45) is 0 Å². The first-order valence-electron chi connectivity index (χ1n) is 9.30. The van der Waals surface area contributed by atoms with Crippen molar-refractivity contribution in [3.63, 3.8) is 0 Å². The molecule has 0 bridgehead atoms. The maximum Gasteiger partial charge on any atom is 0.226 e. The number of ether oxygens (including phenoxy) is 1. The van der Waals surface area contributed by atoms with Gasteiger partial charge in [0.15, 0.2) is 0 Å². The zero-order valence-electron chi connectivity index (χ0n) is 15.5. The van der Waals surface area contributed by atoms with Crippen LogP contribution in [-0.2, 0) is 4.79 Å². The molecule has 1 aliphatic rings. The summed E-state index contributed by atoms with van der Waals surface area (Å²) in [6.07, 6.45) is 3.92. The zero-order valence-corrected chi connectivity index (χ0v) is 16.4. The van der Waals surface area contributed by atoms with Gasteiger partial charge in [-0.15, -0.1) is 0 Å². The fourth-order valence-electron chi connectivity index (χ4n) is 3.56. The quantitative estimate of drug-likeness (QED) is 0.498. The fraction of sp³-hybridized carbons (Fsp3) is 0.136. The van der Waals surface area contributed by atoms with Gasteiger partial charge in [0.2, 0.25) is 11.0 Å². The van der Waals surface area contributed by atoms with Crippen LogP contribution in [0.5, 0.6) is 5.75 Å². The molecule has 144 valence electrons. The first-order valence-corrected chi connectivity index (χ1v) is 10.1. The van der Waals surface area contributed by atoms with E-state index in [1.807, 2.05) is 54.7 Å². The van der Waals surface area contributed by atoms with E-state index in [0.717, 1.165) is 32.2 Å². The molecule has 1 aliphatic heterocycles. The molecular formula is C22H18N4O2S. The minimum atomic E-state index is -0.0599. The minimum Gasteiger partial charge on any atom is -0.490 e. The van der Waals surface area contributed by atoms with Gasteiger partial charge in [0.1, 0.15) is 18.2 Å². The van der Waals surface area contributed by atoms with Gasteiger partial charge >= 0.3 is 0 Å². The number of benzene rings is 2. The smallest absolute Gasteiger partial charge is 0.226 e. The molecule has 0 saturated carbocycles. The Labute approximate surface area is 171 Å². The van der Waals surface area contributed by atoms with Gasteiger partial charge in [-0.1, -0.05) is 48.3 Å². The molecule has 5 rings (SSSR count). The van der Waals surface area contributed by atoms with Crippen molar-refractivity contribution in [3.8, 4) is 10.9 Å². The summed E-state index contributed by atoms with van der Waals surface area (Å²) in [5.74, 6) is 1.38. The molecule has 0 fully saturated rings. The van der Waals surface area contributed by atoms with Crippen molar-refractivity contribution in [3.05, 3.63) is 78.5 Å². The second-order valence-electron chi connectivity index (χ2n) is 6.80. The topological polar surface area (TPSA) is 69.0 Å². The lowest BCUT2D eigenvalue weighted by Crippen LogP contribution is -2.24. The number of carbonyl (C=O) groups excluding carboxylic acids is 1. The fourth-order valence-corrected chi connectivity index (χ4v) is 4.49. The van der Waals surface area contributed by atoms with Crippen LogP contribution < -0.4 is 10.1 Å². The van der Waals surface area contributed by atoms with Gasteiger partial charge in [-0.2, -0.15) is 9.78 Å². The Kier molecular flexibility index (Phi) is 4.37. The number of amides is 1. The van der Waals surface area contributed by atoms with E-state index in [0.29, 0.717) is 18.8 Å². The Balaban J connectivity index is 1.52. The molecule has 0 unspecified atom stereocenters. The minimum absolute atomic E-state index is 0.0302. The van der Waals surface area contributed by atoms with Crippen LogP contribution in [0.3, 0.4) is 0 Å². The average molecular weight is 402 g/mol. The molecule has 4 aromatic rings. The van der Waals surface area contributed by atoms with Crippen LogP contribution in [0.15, 0.2) is 67.4 Å². The maximum absolute atomic E-state index is 12.5. The van der Waals surface area contributed by atoms with E-state index < -0.39 is 0 Å². The van der Waals surface area contributed by atoms with Gasteiger partial charge in [0.05, 0.1) is 16.4 Å². The molecule has 1 atom stereocenters. The number of aromatic nitrogens is 3. The average Bonchev–Trinajstić information content (AvgIpc) is 3.35. The third kappa shape index (κ3) is 3.19. The predicted octanol–water partition coefficient (Wildman–Crippen LogP) is 4.52. The standard InChI is InChI=1S/C22H18N4O2S/c1-2-11-28-15-9-7-14(8-10-15)16-12-20(27)25-21-17(16)13-23-26(21)22-24-18-5-3-4-6-19(18)29-22/h2-10,13,16H,1,11-12H2,(H,25,27)/t16-/m0/s1. The van der Waals surface area contributed by atoms with E-state index in [2.05, 4.69) is 22.0 Å². The van der Waals surface area contributed by atoms with E-state index in [1.54, 1.807) is 22.1 Å². The van der Waals surface area contributed by atoms with E-state index in [9.17, 15) is 4.79 Å². The van der Waals surface area contributed by atoms with Gasteiger partial charge in [0.25, 0.3) is 0 Å². The summed E-state index contributed by atoms with van der Waals surface area (Å²) in [6.45, 7) is 4.12. The molecule has 0 radical (unpaired) electrons. The Morgan fingerprint density at radius 2 is 2.07 bits per heavy atom. The molecule has 3 heterocycles. The van der Waals surface area contributed by atoms with Gasteiger partial charge < -0.3 is 10.1 Å². The number of nitrogens with zero attached hydrogens (tertiary/aromatic N) is 3. The summed E-state index contributed by atoms with van der Waals surface area (Å²) in [6, 6.07) is 15.8. The molecular weight excluding hydrogens is 384 g/mol. The summed E-state index contributed by atoms with van der Waals surface area (Å²) in [4.78, 5) is 17.1. The van der Waals surface area contributed by atoms with Crippen molar-refractivity contribution in [1.29, 1.82) is 0 Å². The van der Waals surface area contributed by atoms with Gasteiger partial charge in [0, 0.05) is 17.9 Å². The number of hydrogen-bond donors (Lipinski definition) is 1. The Hall–Kier alpha value is -3.45. The molecule has 7 heteroatoms. The van der Waals surface area contributed by atoms with Crippen molar-refractivity contribution in [1.82, 2.24) is 14.8 Å². The molecule has 29 heavy (non-hydrogen) atoms. The summed E-state index contributed by atoms with van der Waals surface area (Å²) in [5.41, 5.74) is 2.96. The van der Waals surface area contributed by atoms with Crippen LogP contribution in [0.4, 0.5) is 5.82 Å².